The number of rotatable bonds is 4. The van der Waals surface area contributed by atoms with Gasteiger partial charge < -0.3 is 19.4 Å². The number of benzene rings is 1. The minimum Gasteiger partial charge on any atom is -0.497 e. The van der Waals surface area contributed by atoms with Gasteiger partial charge in [0.25, 0.3) is 5.91 Å². The molecule has 1 fully saturated rings. The predicted molar refractivity (Wildman–Crippen MR) is 110 cm³/mol. The molecule has 7 nitrogen and oxygen atoms in total. The van der Waals surface area contributed by atoms with Gasteiger partial charge in [-0.3, -0.25) is 4.79 Å². The number of piperazine rings is 1. The fourth-order valence-corrected chi connectivity index (χ4v) is 3.45. The summed E-state index contributed by atoms with van der Waals surface area (Å²) in [7, 11) is 5.53. The van der Waals surface area contributed by atoms with Crippen LogP contribution in [-0.2, 0) is 0 Å². The number of ether oxygens (including phenoxy) is 1. The molecule has 1 aliphatic heterocycles. The zero-order valence-corrected chi connectivity index (χ0v) is 17.7. The molecule has 3 rings (SSSR count). The van der Waals surface area contributed by atoms with Crippen molar-refractivity contribution in [2.75, 3.05) is 57.2 Å². The van der Waals surface area contributed by atoms with E-state index in [9.17, 15) is 4.79 Å². The van der Waals surface area contributed by atoms with E-state index in [1.807, 2.05) is 49.0 Å². The standard InChI is InChI=1S/C19H24BrN5O2/c1-13-21-17(23(2)3)12-18(22-13)24-7-9-25(10-8-24)19(26)15-11-14(27-4)5-6-16(15)20/h5-6,11-12H,7-10H2,1-4H3. The largest absolute Gasteiger partial charge is 0.497 e. The van der Waals surface area contributed by atoms with Gasteiger partial charge in [0.1, 0.15) is 23.2 Å². The third kappa shape index (κ3) is 4.32. The molecule has 1 saturated heterocycles. The van der Waals surface area contributed by atoms with E-state index in [0.29, 0.717) is 24.4 Å². The number of anilines is 2. The van der Waals surface area contributed by atoms with Crippen LogP contribution in [0.4, 0.5) is 11.6 Å². The first-order valence-corrected chi connectivity index (χ1v) is 9.59. The Balaban J connectivity index is 1.71. The van der Waals surface area contributed by atoms with Crippen molar-refractivity contribution < 1.29 is 9.53 Å². The Kier molecular flexibility index (Phi) is 5.84. The normalized spacial score (nSPS) is 14.3. The molecule has 1 aromatic heterocycles. The van der Waals surface area contributed by atoms with Crippen molar-refractivity contribution in [3.05, 3.63) is 40.1 Å². The Bertz CT molecular complexity index is 835. The zero-order valence-electron chi connectivity index (χ0n) is 16.1. The lowest BCUT2D eigenvalue weighted by atomic mass is 10.1. The van der Waals surface area contributed by atoms with Crippen molar-refractivity contribution in [1.82, 2.24) is 14.9 Å². The highest BCUT2D eigenvalue weighted by Gasteiger charge is 2.25. The van der Waals surface area contributed by atoms with E-state index in [4.69, 9.17) is 4.74 Å². The summed E-state index contributed by atoms with van der Waals surface area (Å²) in [5.41, 5.74) is 0.621. The van der Waals surface area contributed by atoms with Crippen molar-refractivity contribution in [3.63, 3.8) is 0 Å². The van der Waals surface area contributed by atoms with Gasteiger partial charge in [0.05, 0.1) is 12.7 Å². The summed E-state index contributed by atoms with van der Waals surface area (Å²) in [4.78, 5) is 28.0. The van der Waals surface area contributed by atoms with Gasteiger partial charge in [0, 0.05) is 50.8 Å². The van der Waals surface area contributed by atoms with Crippen LogP contribution in [-0.4, -0.2) is 68.2 Å². The smallest absolute Gasteiger partial charge is 0.255 e. The van der Waals surface area contributed by atoms with Crippen LogP contribution in [0.3, 0.4) is 0 Å². The van der Waals surface area contributed by atoms with Crippen LogP contribution < -0.4 is 14.5 Å². The van der Waals surface area contributed by atoms with E-state index in [0.717, 1.165) is 35.0 Å². The maximum Gasteiger partial charge on any atom is 0.255 e. The summed E-state index contributed by atoms with van der Waals surface area (Å²) in [6.07, 6.45) is 0. The van der Waals surface area contributed by atoms with Gasteiger partial charge >= 0.3 is 0 Å². The second-order valence-corrected chi connectivity index (χ2v) is 7.51. The number of hydrogen-bond acceptors (Lipinski definition) is 6. The third-order valence-corrected chi connectivity index (χ3v) is 5.26. The number of amides is 1. The molecule has 2 aromatic rings. The van der Waals surface area contributed by atoms with Gasteiger partial charge in [-0.25, -0.2) is 9.97 Å². The average Bonchev–Trinajstić information content (AvgIpc) is 2.67. The minimum atomic E-state index is 0.00766. The number of aromatic nitrogens is 2. The van der Waals surface area contributed by atoms with Gasteiger partial charge in [-0.1, -0.05) is 0 Å². The maximum absolute atomic E-state index is 12.9. The van der Waals surface area contributed by atoms with Gasteiger partial charge in [-0.05, 0) is 41.1 Å². The van der Waals surface area contributed by atoms with Crippen molar-refractivity contribution in [2.24, 2.45) is 0 Å². The summed E-state index contributed by atoms with van der Waals surface area (Å²) in [6, 6.07) is 7.44. The molecule has 0 radical (unpaired) electrons. The van der Waals surface area contributed by atoms with E-state index in [-0.39, 0.29) is 5.91 Å². The average molecular weight is 434 g/mol. The molecule has 0 atom stereocenters. The fourth-order valence-electron chi connectivity index (χ4n) is 3.03. The topological polar surface area (TPSA) is 61.8 Å². The van der Waals surface area contributed by atoms with E-state index < -0.39 is 0 Å². The summed E-state index contributed by atoms with van der Waals surface area (Å²) in [5.74, 6) is 3.22. The van der Waals surface area contributed by atoms with Crippen molar-refractivity contribution in [1.29, 1.82) is 0 Å². The van der Waals surface area contributed by atoms with Crippen molar-refractivity contribution >= 4 is 33.5 Å². The number of aryl methyl sites for hydroxylation is 1. The Morgan fingerprint density at radius 2 is 1.85 bits per heavy atom. The monoisotopic (exact) mass is 433 g/mol. The van der Waals surface area contributed by atoms with Gasteiger partial charge in [-0.15, -0.1) is 0 Å². The Morgan fingerprint density at radius 1 is 1.15 bits per heavy atom. The molecule has 8 heteroatoms. The highest BCUT2D eigenvalue weighted by atomic mass is 79.9. The van der Waals surface area contributed by atoms with E-state index in [1.54, 1.807) is 13.2 Å². The first kappa shape index (κ1) is 19.4. The van der Waals surface area contributed by atoms with Crippen LogP contribution in [0.5, 0.6) is 5.75 Å². The number of methoxy groups -OCH3 is 1. The van der Waals surface area contributed by atoms with Crippen LogP contribution in [0, 0.1) is 6.92 Å². The van der Waals surface area contributed by atoms with E-state index in [2.05, 4.69) is 30.8 Å². The Labute approximate surface area is 168 Å². The van der Waals surface area contributed by atoms with Gasteiger partial charge in [0.2, 0.25) is 0 Å². The maximum atomic E-state index is 12.9. The van der Waals surface area contributed by atoms with Crippen LogP contribution in [0.15, 0.2) is 28.7 Å². The quantitative estimate of drug-likeness (QED) is 0.738. The molecule has 144 valence electrons. The zero-order chi connectivity index (χ0) is 19.6. The van der Waals surface area contributed by atoms with E-state index >= 15 is 0 Å². The van der Waals surface area contributed by atoms with Crippen LogP contribution in [0.25, 0.3) is 0 Å². The molecule has 0 aliphatic carbocycles. The molecule has 2 heterocycles. The van der Waals surface area contributed by atoms with Crippen molar-refractivity contribution in [2.45, 2.75) is 6.92 Å². The molecule has 0 unspecified atom stereocenters. The van der Waals surface area contributed by atoms with Gasteiger partial charge in [0.15, 0.2) is 0 Å². The lowest BCUT2D eigenvalue weighted by Gasteiger charge is -2.36. The molecule has 0 spiro atoms. The number of nitrogens with zero attached hydrogens (tertiary/aromatic N) is 5. The van der Waals surface area contributed by atoms with Crippen LogP contribution >= 0.6 is 15.9 Å². The molecule has 0 saturated carbocycles. The molecule has 0 bridgehead atoms. The second-order valence-electron chi connectivity index (χ2n) is 6.65. The number of hydrogen-bond donors (Lipinski definition) is 0. The molecule has 27 heavy (non-hydrogen) atoms. The highest BCUT2D eigenvalue weighted by Crippen LogP contribution is 2.25. The molecule has 1 amide bonds. The molecular formula is C19H24BrN5O2. The van der Waals surface area contributed by atoms with E-state index in [1.165, 1.54) is 0 Å². The molecular weight excluding hydrogens is 410 g/mol. The number of carbonyl (C=O) groups is 1. The Morgan fingerprint density at radius 3 is 2.48 bits per heavy atom. The fraction of sp³-hybridized carbons (Fsp3) is 0.421. The third-order valence-electron chi connectivity index (χ3n) is 4.56. The molecule has 1 aliphatic rings. The lowest BCUT2D eigenvalue weighted by molar-refractivity contribution is 0.0745. The molecule has 0 N–H and O–H groups in total. The van der Waals surface area contributed by atoms with Gasteiger partial charge in [-0.2, -0.15) is 0 Å². The van der Waals surface area contributed by atoms with Crippen LogP contribution in [0.1, 0.15) is 16.2 Å². The number of halogens is 1. The van der Waals surface area contributed by atoms with Crippen LogP contribution in [0.2, 0.25) is 0 Å². The predicted octanol–water partition coefficient (Wildman–Crippen LogP) is 2.58. The Hall–Kier alpha value is -2.35. The first-order chi connectivity index (χ1) is 12.9. The highest BCUT2D eigenvalue weighted by molar-refractivity contribution is 9.10. The number of carbonyl (C=O) groups excluding carboxylic acids is 1. The van der Waals surface area contributed by atoms with Crippen molar-refractivity contribution in [3.8, 4) is 5.75 Å². The first-order valence-electron chi connectivity index (χ1n) is 8.80. The summed E-state index contributed by atoms with van der Waals surface area (Å²) in [5, 5.41) is 0. The minimum absolute atomic E-state index is 0.00766. The lowest BCUT2D eigenvalue weighted by Crippen LogP contribution is -2.49. The second kappa shape index (κ2) is 8.12. The SMILES string of the molecule is COc1ccc(Br)c(C(=O)N2CCN(c3cc(N(C)C)nc(C)n3)CC2)c1. The summed E-state index contributed by atoms with van der Waals surface area (Å²) < 4.78 is 6.02. The molecule has 1 aromatic carbocycles. The summed E-state index contributed by atoms with van der Waals surface area (Å²) >= 11 is 3.47. The summed E-state index contributed by atoms with van der Waals surface area (Å²) in [6.45, 7) is 4.65.